The number of hydrogen-bond donors (Lipinski definition) is 0. The van der Waals surface area contributed by atoms with Crippen LogP contribution in [0.15, 0.2) is 72.8 Å². The number of benzene rings is 3. The van der Waals surface area contributed by atoms with Gasteiger partial charge in [0.15, 0.2) is 11.6 Å². The van der Waals surface area contributed by atoms with Crippen LogP contribution in [0.5, 0.6) is 5.75 Å². The van der Waals surface area contributed by atoms with Gasteiger partial charge in [-0.15, -0.1) is 0 Å². The molecule has 3 aromatic rings. The number of ether oxygens (including phenoxy) is 1. The average molecular weight is 360 g/mol. The summed E-state index contributed by atoms with van der Waals surface area (Å²) in [6.45, 7) is 4.56. The molecule has 1 nitrogen and oxygen atoms in total. The van der Waals surface area contributed by atoms with Crippen LogP contribution in [0.2, 0.25) is 0 Å². The Bertz CT molecular complexity index is 882. The molecule has 0 aliphatic heterocycles. The SMILES string of the molecule is CCOc1ccc(/C=C/c2ccc(CC(C)c3ccccc3)cc2)cc1F. The second-order valence-electron chi connectivity index (χ2n) is 6.71. The van der Waals surface area contributed by atoms with Crippen molar-refractivity contribution in [3.63, 3.8) is 0 Å². The van der Waals surface area contributed by atoms with Crippen molar-refractivity contribution in [2.24, 2.45) is 0 Å². The average Bonchev–Trinajstić information content (AvgIpc) is 2.70. The largest absolute Gasteiger partial charge is 0.491 e. The second-order valence-corrected chi connectivity index (χ2v) is 6.71. The fourth-order valence-corrected chi connectivity index (χ4v) is 3.10. The quantitative estimate of drug-likeness (QED) is 0.424. The minimum atomic E-state index is -0.329. The topological polar surface area (TPSA) is 9.23 Å². The van der Waals surface area contributed by atoms with E-state index in [4.69, 9.17) is 4.74 Å². The van der Waals surface area contributed by atoms with Crippen molar-refractivity contribution in [2.45, 2.75) is 26.2 Å². The van der Waals surface area contributed by atoms with Crippen molar-refractivity contribution in [1.29, 1.82) is 0 Å². The van der Waals surface area contributed by atoms with E-state index >= 15 is 0 Å². The van der Waals surface area contributed by atoms with Crippen LogP contribution < -0.4 is 4.74 Å². The maximum atomic E-state index is 13.9. The van der Waals surface area contributed by atoms with Crippen molar-refractivity contribution in [1.82, 2.24) is 0 Å². The molecule has 0 N–H and O–H groups in total. The summed E-state index contributed by atoms with van der Waals surface area (Å²) in [5, 5.41) is 0. The first kappa shape index (κ1) is 18.9. The lowest BCUT2D eigenvalue weighted by Gasteiger charge is -2.12. The molecule has 0 saturated carbocycles. The Kier molecular flexibility index (Phi) is 6.43. The molecule has 0 spiro atoms. The predicted octanol–water partition coefficient (Wildman–Crippen LogP) is 6.74. The second kappa shape index (κ2) is 9.18. The van der Waals surface area contributed by atoms with Crippen LogP contribution in [0.3, 0.4) is 0 Å². The van der Waals surface area contributed by atoms with Crippen LogP contribution in [0.25, 0.3) is 12.2 Å². The molecule has 1 unspecified atom stereocenters. The Morgan fingerprint density at radius 2 is 1.56 bits per heavy atom. The van der Waals surface area contributed by atoms with E-state index in [2.05, 4.69) is 55.5 Å². The molecule has 0 fully saturated rings. The van der Waals surface area contributed by atoms with Gasteiger partial charge in [-0.3, -0.25) is 0 Å². The van der Waals surface area contributed by atoms with Crippen LogP contribution in [0.4, 0.5) is 4.39 Å². The van der Waals surface area contributed by atoms with E-state index in [0.717, 1.165) is 17.5 Å². The Balaban J connectivity index is 1.63. The Morgan fingerprint density at radius 3 is 2.22 bits per heavy atom. The fourth-order valence-electron chi connectivity index (χ4n) is 3.10. The van der Waals surface area contributed by atoms with Crippen molar-refractivity contribution in [3.05, 3.63) is 101 Å². The molecule has 3 rings (SSSR count). The number of halogens is 1. The molecule has 0 aliphatic rings. The van der Waals surface area contributed by atoms with Crippen LogP contribution >= 0.6 is 0 Å². The van der Waals surface area contributed by atoms with Crippen molar-refractivity contribution in [3.8, 4) is 5.75 Å². The zero-order chi connectivity index (χ0) is 19.1. The van der Waals surface area contributed by atoms with Crippen LogP contribution in [0, 0.1) is 5.82 Å². The molecule has 0 heterocycles. The molecular formula is C25H25FO. The number of hydrogen-bond acceptors (Lipinski definition) is 1. The lowest BCUT2D eigenvalue weighted by atomic mass is 9.93. The summed E-state index contributed by atoms with van der Waals surface area (Å²) < 4.78 is 19.2. The van der Waals surface area contributed by atoms with Gasteiger partial charge in [-0.2, -0.15) is 0 Å². The van der Waals surface area contributed by atoms with Gasteiger partial charge in [0, 0.05) is 0 Å². The van der Waals surface area contributed by atoms with Gasteiger partial charge in [-0.05, 0) is 53.6 Å². The summed E-state index contributed by atoms with van der Waals surface area (Å²) in [4.78, 5) is 0. The first-order valence-corrected chi connectivity index (χ1v) is 9.40. The molecule has 138 valence electrons. The molecule has 3 aromatic carbocycles. The molecule has 1 atom stereocenters. The minimum absolute atomic E-state index is 0.298. The van der Waals surface area contributed by atoms with E-state index in [1.165, 1.54) is 17.2 Å². The van der Waals surface area contributed by atoms with Crippen molar-refractivity contribution < 1.29 is 9.13 Å². The molecule has 0 aliphatic carbocycles. The zero-order valence-corrected chi connectivity index (χ0v) is 15.9. The molecule has 27 heavy (non-hydrogen) atoms. The van der Waals surface area contributed by atoms with Gasteiger partial charge >= 0.3 is 0 Å². The fraction of sp³-hybridized carbons (Fsp3) is 0.200. The summed E-state index contributed by atoms with van der Waals surface area (Å²) in [6, 6.07) is 24.2. The Morgan fingerprint density at radius 1 is 0.889 bits per heavy atom. The van der Waals surface area contributed by atoms with Crippen LogP contribution in [0.1, 0.15) is 42.0 Å². The van der Waals surface area contributed by atoms with Crippen LogP contribution in [-0.2, 0) is 6.42 Å². The Labute approximate surface area is 161 Å². The van der Waals surface area contributed by atoms with Gasteiger partial charge in [-0.1, -0.05) is 79.7 Å². The normalized spacial score (nSPS) is 12.3. The third-order valence-electron chi connectivity index (χ3n) is 4.61. The van der Waals surface area contributed by atoms with Gasteiger partial charge in [-0.25, -0.2) is 4.39 Å². The molecular weight excluding hydrogens is 335 g/mol. The standard InChI is InChI=1S/C25H25FO/c1-3-27-25-16-15-22(18-24(25)26)14-11-20-9-12-21(13-10-20)17-19(2)23-7-5-4-6-8-23/h4-16,18-19H,3,17H2,1-2H3/b14-11+. The smallest absolute Gasteiger partial charge is 0.165 e. The van der Waals surface area contributed by atoms with E-state index in [1.54, 1.807) is 6.07 Å². The van der Waals surface area contributed by atoms with E-state index < -0.39 is 0 Å². The van der Waals surface area contributed by atoms with E-state index in [-0.39, 0.29) is 5.82 Å². The van der Waals surface area contributed by atoms with E-state index in [9.17, 15) is 4.39 Å². The first-order valence-electron chi connectivity index (χ1n) is 9.40. The summed E-state index contributed by atoms with van der Waals surface area (Å²) in [5.74, 6) is 0.454. The van der Waals surface area contributed by atoms with Crippen molar-refractivity contribution in [2.75, 3.05) is 6.61 Å². The molecule has 2 heteroatoms. The highest BCUT2D eigenvalue weighted by atomic mass is 19.1. The monoisotopic (exact) mass is 360 g/mol. The van der Waals surface area contributed by atoms with Gasteiger partial charge in [0.05, 0.1) is 6.61 Å². The number of rotatable bonds is 7. The lowest BCUT2D eigenvalue weighted by Crippen LogP contribution is -1.98. The van der Waals surface area contributed by atoms with E-state index in [1.807, 2.05) is 31.2 Å². The maximum absolute atomic E-state index is 13.9. The highest BCUT2D eigenvalue weighted by Crippen LogP contribution is 2.22. The van der Waals surface area contributed by atoms with Gasteiger partial charge in [0.1, 0.15) is 0 Å². The lowest BCUT2D eigenvalue weighted by molar-refractivity contribution is 0.321. The van der Waals surface area contributed by atoms with Gasteiger partial charge in [0.25, 0.3) is 0 Å². The molecule has 0 amide bonds. The summed E-state index contributed by atoms with van der Waals surface area (Å²) in [7, 11) is 0. The predicted molar refractivity (Wildman–Crippen MR) is 112 cm³/mol. The highest BCUT2D eigenvalue weighted by Gasteiger charge is 2.06. The molecule has 0 bridgehead atoms. The first-order chi connectivity index (χ1) is 13.2. The Hall–Kier alpha value is -2.87. The van der Waals surface area contributed by atoms with Crippen LogP contribution in [-0.4, -0.2) is 6.61 Å². The maximum Gasteiger partial charge on any atom is 0.165 e. The zero-order valence-electron chi connectivity index (χ0n) is 15.9. The summed E-state index contributed by atoms with van der Waals surface area (Å²) >= 11 is 0. The van der Waals surface area contributed by atoms with E-state index in [0.29, 0.717) is 18.3 Å². The van der Waals surface area contributed by atoms with Gasteiger partial charge in [0.2, 0.25) is 0 Å². The third-order valence-corrected chi connectivity index (χ3v) is 4.61. The summed E-state index contributed by atoms with van der Waals surface area (Å²) in [6.07, 6.45) is 4.93. The minimum Gasteiger partial charge on any atom is -0.491 e. The summed E-state index contributed by atoms with van der Waals surface area (Å²) in [5.41, 5.74) is 4.59. The van der Waals surface area contributed by atoms with Crippen molar-refractivity contribution >= 4 is 12.2 Å². The molecule has 0 radical (unpaired) electrons. The third kappa shape index (κ3) is 5.30. The molecule has 0 aromatic heterocycles. The van der Waals surface area contributed by atoms with Gasteiger partial charge < -0.3 is 4.74 Å². The highest BCUT2D eigenvalue weighted by molar-refractivity contribution is 5.70. The molecule has 0 saturated heterocycles.